The van der Waals surface area contributed by atoms with Gasteiger partial charge < -0.3 is 20.2 Å². The zero-order chi connectivity index (χ0) is 24.9. The molecule has 9 heteroatoms. The topological polar surface area (TPSA) is 122 Å². The van der Waals surface area contributed by atoms with Crippen LogP contribution in [0.1, 0.15) is 67.5 Å². The lowest BCUT2D eigenvalue weighted by atomic mass is 10.1. The molecule has 1 aliphatic carbocycles. The highest BCUT2D eigenvalue weighted by molar-refractivity contribution is 5.94. The summed E-state index contributed by atoms with van der Waals surface area (Å²) in [4.78, 5) is 29.7. The summed E-state index contributed by atoms with van der Waals surface area (Å²) < 4.78 is 7.27. The Kier molecular flexibility index (Phi) is 7.65. The highest BCUT2D eigenvalue weighted by Crippen LogP contribution is 2.32. The number of benzene rings is 1. The summed E-state index contributed by atoms with van der Waals surface area (Å²) in [5.74, 6) is 0.564. The molecule has 35 heavy (non-hydrogen) atoms. The van der Waals surface area contributed by atoms with Crippen molar-refractivity contribution in [2.45, 2.75) is 65.1 Å². The van der Waals surface area contributed by atoms with E-state index in [1.54, 1.807) is 6.07 Å². The summed E-state index contributed by atoms with van der Waals surface area (Å²) in [5, 5.41) is 20.0. The lowest BCUT2D eigenvalue weighted by Gasteiger charge is -2.15. The number of nitrogens with zero attached hydrogens (tertiary/aromatic N) is 3. The molecule has 0 unspecified atom stereocenters. The van der Waals surface area contributed by atoms with Crippen LogP contribution in [0.2, 0.25) is 0 Å². The first-order chi connectivity index (χ1) is 16.9. The Morgan fingerprint density at radius 3 is 2.57 bits per heavy atom. The van der Waals surface area contributed by atoms with E-state index in [9.17, 15) is 14.7 Å². The summed E-state index contributed by atoms with van der Waals surface area (Å²) >= 11 is 0. The average molecular weight is 480 g/mol. The second-order valence-electron chi connectivity index (χ2n) is 9.06. The van der Waals surface area contributed by atoms with Crippen LogP contribution in [0.15, 0.2) is 40.9 Å². The maximum atomic E-state index is 12.9. The third-order valence-electron chi connectivity index (χ3n) is 6.47. The SMILES string of the molecule is CCC(CC)NC(=O)c1cc(-c2cccc(-c3ncc(C(=O)N[C@@H](C)C4CC4)o3)c2)nn1CCO. The summed E-state index contributed by atoms with van der Waals surface area (Å²) in [6, 6.07) is 9.34. The minimum atomic E-state index is -0.268. The fraction of sp³-hybridized carbons (Fsp3) is 0.462. The van der Waals surface area contributed by atoms with Crippen molar-refractivity contribution in [2.24, 2.45) is 5.92 Å². The number of rotatable bonds is 11. The van der Waals surface area contributed by atoms with Crippen molar-refractivity contribution in [3.63, 3.8) is 0 Å². The normalized spacial score (nSPS) is 14.2. The standard InChI is InChI=1S/C26H33N5O4/c1-4-20(5-2)29-24(33)22-14-21(30-31(22)11-12-32)18-7-6-8-19(13-18)26-27-15-23(35-26)25(34)28-16(3)17-9-10-17/h6-8,13-17,20,32H,4-5,9-12H2,1-3H3,(H,28,34)(H,29,33)/t16-/m0/s1. The molecule has 2 amide bonds. The average Bonchev–Trinajstić information content (AvgIpc) is 3.44. The summed E-state index contributed by atoms with van der Waals surface area (Å²) in [6.45, 7) is 6.14. The van der Waals surface area contributed by atoms with Gasteiger partial charge in [0.1, 0.15) is 5.69 Å². The van der Waals surface area contributed by atoms with Gasteiger partial charge in [-0.1, -0.05) is 26.0 Å². The monoisotopic (exact) mass is 479 g/mol. The Morgan fingerprint density at radius 2 is 1.89 bits per heavy atom. The lowest BCUT2D eigenvalue weighted by molar-refractivity contribution is 0.0905. The number of hydrogen-bond donors (Lipinski definition) is 3. The number of aromatic nitrogens is 3. The van der Waals surface area contributed by atoms with E-state index in [4.69, 9.17) is 4.42 Å². The first kappa shape index (κ1) is 24.7. The van der Waals surface area contributed by atoms with E-state index in [0.717, 1.165) is 31.2 Å². The van der Waals surface area contributed by atoms with E-state index < -0.39 is 0 Å². The third kappa shape index (κ3) is 5.79. The molecule has 2 heterocycles. The minimum Gasteiger partial charge on any atom is -0.431 e. The number of oxazole rings is 1. The third-order valence-corrected chi connectivity index (χ3v) is 6.47. The second-order valence-corrected chi connectivity index (χ2v) is 9.06. The Balaban J connectivity index is 1.55. The van der Waals surface area contributed by atoms with E-state index in [1.165, 1.54) is 10.9 Å². The highest BCUT2D eigenvalue weighted by Gasteiger charge is 2.30. The molecule has 1 fully saturated rings. The molecule has 0 aliphatic heterocycles. The van der Waals surface area contributed by atoms with E-state index in [-0.39, 0.29) is 42.8 Å². The van der Waals surface area contributed by atoms with E-state index >= 15 is 0 Å². The molecule has 1 atom stereocenters. The number of aliphatic hydroxyl groups excluding tert-OH is 1. The van der Waals surface area contributed by atoms with Crippen LogP contribution in [-0.2, 0) is 6.54 Å². The zero-order valence-electron chi connectivity index (χ0n) is 20.5. The maximum Gasteiger partial charge on any atom is 0.288 e. The van der Waals surface area contributed by atoms with Gasteiger partial charge in [-0.2, -0.15) is 5.10 Å². The molecule has 1 aliphatic rings. The predicted molar refractivity (Wildman–Crippen MR) is 132 cm³/mol. The van der Waals surface area contributed by atoms with Crippen molar-refractivity contribution in [1.82, 2.24) is 25.4 Å². The Hall–Kier alpha value is -3.46. The largest absolute Gasteiger partial charge is 0.431 e. The lowest BCUT2D eigenvalue weighted by Crippen LogP contribution is -2.35. The van der Waals surface area contributed by atoms with Crippen LogP contribution in [-0.4, -0.2) is 50.4 Å². The second kappa shape index (κ2) is 10.9. The van der Waals surface area contributed by atoms with Gasteiger partial charge in [0.15, 0.2) is 0 Å². The molecule has 2 aromatic heterocycles. The molecule has 0 bridgehead atoms. The Labute approximate surface area is 204 Å². The van der Waals surface area contributed by atoms with Crippen LogP contribution in [0.3, 0.4) is 0 Å². The molecule has 1 saturated carbocycles. The van der Waals surface area contributed by atoms with Crippen LogP contribution in [0.5, 0.6) is 0 Å². The molecule has 0 spiro atoms. The smallest absolute Gasteiger partial charge is 0.288 e. The van der Waals surface area contributed by atoms with Gasteiger partial charge >= 0.3 is 0 Å². The first-order valence-electron chi connectivity index (χ1n) is 12.3. The van der Waals surface area contributed by atoms with Crippen molar-refractivity contribution < 1.29 is 19.1 Å². The first-order valence-corrected chi connectivity index (χ1v) is 12.3. The number of carbonyl (C=O) groups excluding carboxylic acids is 2. The fourth-order valence-electron chi connectivity index (χ4n) is 4.07. The van der Waals surface area contributed by atoms with Crippen LogP contribution in [0.4, 0.5) is 0 Å². The molecule has 3 N–H and O–H groups in total. The van der Waals surface area contributed by atoms with Crippen molar-refractivity contribution in [2.75, 3.05) is 6.61 Å². The number of amides is 2. The van der Waals surface area contributed by atoms with Crippen LogP contribution < -0.4 is 10.6 Å². The predicted octanol–water partition coefficient (Wildman–Crippen LogP) is 3.64. The molecule has 4 rings (SSSR count). The maximum absolute atomic E-state index is 12.9. The molecular formula is C26H33N5O4. The molecule has 0 radical (unpaired) electrons. The Bertz CT molecular complexity index is 1180. The molecule has 3 aromatic rings. The van der Waals surface area contributed by atoms with Gasteiger partial charge in [-0.15, -0.1) is 0 Å². The van der Waals surface area contributed by atoms with E-state index in [0.29, 0.717) is 28.8 Å². The van der Waals surface area contributed by atoms with Gasteiger partial charge in [-0.3, -0.25) is 14.3 Å². The van der Waals surface area contributed by atoms with Gasteiger partial charge in [0.05, 0.1) is 25.0 Å². The van der Waals surface area contributed by atoms with Crippen molar-refractivity contribution in [3.8, 4) is 22.7 Å². The summed E-state index contributed by atoms with van der Waals surface area (Å²) in [5.41, 5.74) is 2.45. The molecule has 0 saturated heterocycles. The number of aliphatic hydroxyl groups is 1. The highest BCUT2D eigenvalue weighted by atomic mass is 16.4. The fourth-order valence-corrected chi connectivity index (χ4v) is 4.07. The Morgan fingerprint density at radius 1 is 1.14 bits per heavy atom. The molecule has 186 valence electrons. The number of hydrogen-bond acceptors (Lipinski definition) is 6. The van der Waals surface area contributed by atoms with Crippen molar-refractivity contribution in [3.05, 3.63) is 48.0 Å². The quantitative estimate of drug-likeness (QED) is 0.386. The van der Waals surface area contributed by atoms with E-state index in [2.05, 4.69) is 20.7 Å². The molecule has 1 aromatic carbocycles. The number of nitrogens with one attached hydrogen (secondary N) is 2. The van der Waals surface area contributed by atoms with E-state index in [1.807, 2.05) is 45.0 Å². The zero-order valence-corrected chi connectivity index (χ0v) is 20.5. The van der Waals surface area contributed by atoms with Gasteiger partial charge in [-0.05, 0) is 56.7 Å². The molecule has 9 nitrogen and oxygen atoms in total. The van der Waals surface area contributed by atoms with Crippen molar-refractivity contribution in [1.29, 1.82) is 0 Å². The van der Waals surface area contributed by atoms with Crippen molar-refractivity contribution >= 4 is 11.8 Å². The van der Waals surface area contributed by atoms with Gasteiger partial charge in [0, 0.05) is 23.2 Å². The van der Waals surface area contributed by atoms with Gasteiger partial charge in [0.2, 0.25) is 11.7 Å². The van der Waals surface area contributed by atoms with Gasteiger partial charge in [-0.25, -0.2) is 4.98 Å². The summed E-state index contributed by atoms with van der Waals surface area (Å²) in [6.07, 6.45) is 5.39. The van der Waals surface area contributed by atoms with Crippen LogP contribution >= 0.6 is 0 Å². The number of carbonyl (C=O) groups is 2. The summed E-state index contributed by atoms with van der Waals surface area (Å²) in [7, 11) is 0. The molecular weight excluding hydrogens is 446 g/mol. The minimum absolute atomic E-state index is 0.0791. The van der Waals surface area contributed by atoms with Crippen LogP contribution in [0.25, 0.3) is 22.7 Å². The van der Waals surface area contributed by atoms with Gasteiger partial charge in [0.25, 0.3) is 11.8 Å². The van der Waals surface area contributed by atoms with Crippen LogP contribution in [0, 0.1) is 5.92 Å².